The minimum absolute atomic E-state index is 0.200. The maximum atomic E-state index is 12.1. The number of nitrogens with zero attached hydrogens (tertiary/aromatic N) is 1. The minimum atomic E-state index is -3.73. The van der Waals surface area contributed by atoms with E-state index in [0.29, 0.717) is 18.8 Å². The van der Waals surface area contributed by atoms with E-state index in [1.807, 2.05) is 0 Å². The third-order valence-corrected chi connectivity index (χ3v) is 5.10. The quantitative estimate of drug-likeness (QED) is 0.885. The number of rotatable bonds is 5. The van der Waals surface area contributed by atoms with Gasteiger partial charge in [0, 0.05) is 17.7 Å². The summed E-state index contributed by atoms with van der Waals surface area (Å²) in [5.74, 6) is -0.284. The molecule has 128 valence electrons. The summed E-state index contributed by atoms with van der Waals surface area (Å²) in [5, 5.41) is 0. The molecule has 2 aromatic rings. The molecule has 1 aromatic heterocycles. The average molecular weight is 350 g/mol. The molecule has 1 amide bonds. The van der Waals surface area contributed by atoms with Crippen LogP contribution in [0.2, 0.25) is 0 Å². The molecule has 1 aliphatic rings. The van der Waals surface area contributed by atoms with Crippen molar-refractivity contribution in [1.82, 2.24) is 9.71 Å². The van der Waals surface area contributed by atoms with Crippen molar-refractivity contribution in [2.75, 3.05) is 12.4 Å². The number of hydrogen-bond acceptors (Lipinski definition) is 6. The second-order valence-corrected chi connectivity index (χ2v) is 7.41. The van der Waals surface area contributed by atoms with Crippen LogP contribution in [-0.4, -0.2) is 37.8 Å². The second-order valence-electron chi connectivity index (χ2n) is 5.64. The van der Waals surface area contributed by atoms with Crippen molar-refractivity contribution >= 4 is 15.9 Å². The fourth-order valence-corrected chi connectivity index (χ4v) is 3.81. The molecule has 1 N–H and O–H groups in total. The van der Waals surface area contributed by atoms with Gasteiger partial charge >= 0.3 is 0 Å². The summed E-state index contributed by atoms with van der Waals surface area (Å²) in [6.45, 7) is 0.567. The lowest BCUT2D eigenvalue weighted by atomic mass is 10.1. The van der Waals surface area contributed by atoms with Gasteiger partial charge in [-0.25, -0.2) is 18.1 Å². The Balaban J connectivity index is 1.63. The number of carbonyl (C=O) groups is 1. The van der Waals surface area contributed by atoms with Crippen molar-refractivity contribution in [3.63, 3.8) is 0 Å². The molecule has 0 spiro atoms. The summed E-state index contributed by atoms with van der Waals surface area (Å²) in [5.41, 5.74) is 1.01. The van der Waals surface area contributed by atoms with Crippen LogP contribution in [0.25, 0.3) is 11.3 Å². The summed E-state index contributed by atoms with van der Waals surface area (Å²) >= 11 is 0. The van der Waals surface area contributed by atoms with Gasteiger partial charge in [0.15, 0.2) is 12.2 Å². The van der Waals surface area contributed by atoms with Crippen molar-refractivity contribution < 1.29 is 22.4 Å². The van der Waals surface area contributed by atoms with Gasteiger partial charge in [0.05, 0.1) is 18.1 Å². The van der Waals surface area contributed by atoms with Crippen LogP contribution in [0.3, 0.4) is 0 Å². The average Bonchev–Trinajstić information content (AvgIpc) is 3.09. The zero-order valence-corrected chi connectivity index (χ0v) is 13.8. The number of hydrogen-bond donors (Lipinski definition) is 1. The largest absolute Gasteiger partial charge is 0.444 e. The lowest BCUT2D eigenvalue weighted by Crippen LogP contribution is -2.38. The number of oxazole rings is 1. The molecule has 7 nitrogen and oxygen atoms in total. The molecule has 1 saturated heterocycles. The Hall–Kier alpha value is -2.19. The molecule has 0 radical (unpaired) electrons. The van der Waals surface area contributed by atoms with E-state index in [4.69, 9.17) is 9.15 Å². The highest BCUT2D eigenvalue weighted by Gasteiger charge is 2.24. The number of amides is 1. The van der Waals surface area contributed by atoms with E-state index in [1.54, 1.807) is 30.5 Å². The third kappa shape index (κ3) is 4.21. The number of benzene rings is 1. The van der Waals surface area contributed by atoms with E-state index in [0.717, 1.165) is 18.4 Å². The van der Waals surface area contributed by atoms with Gasteiger partial charge in [-0.15, -0.1) is 0 Å². The van der Waals surface area contributed by atoms with Crippen molar-refractivity contribution in [1.29, 1.82) is 0 Å². The first-order valence-corrected chi connectivity index (χ1v) is 9.34. The third-order valence-electron chi connectivity index (χ3n) is 3.79. The normalized spacial score (nSPS) is 18.2. The SMILES string of the molecule is O=C(NS(=O)(=O)CC1CCCCO1)c1ccc(-c2cnco2)cc1. The Morgan fingerprint density at radius 2 is 2.04 bits per heavy atom. The minimum Gasteiger partial charge on any atom is -0.444 e. The van der Waals surface area contributed by atoms with Crippen LogP contribution in [0, 0.1) is 0 Å². The summed E-state index contributed by atoms with van der Waals surface area (Å²) in [6.07, 6.45) is 5.11. The fraction of sp³-hybridized carbons (Fsp3) is 0.375. The van der Waals surface area contributed by atoms with Crippen LogP contribution in [0.1, 0.15) is 29.6 Å². The molecule has 1 aliphatic heterocycles. The molecule has 0 bridgehead atoms. The van der Waals surface area contributed by atoms with Crippen LogP contribution in [0.15, 0.2) is 41.3 Å². The second kappa shape index (κ2) is 7.14. The highest BCUT2D eigenvalue weighted by atomic mass is 32.2. The number of sulfonamides is 1. The molecule has 0 aliphatic carbocycles. The molecule has 8 heteroatoms. The molecular formula is C16H18N2O5S. The Morgan fingerprint density at radius 1 is 1.25 bits per heavy atom. The lowest BCUT2D eigenvalue weighted by Gasteiger charge is -2.22. The molecule has 1 aromatic carbocycles. The van der Waals surface area contributed by atoms with E-state index in [1.165, 1.54) is 6.39 Å². The van der Waals surface area contributed by atoms with Gasteiger partial charge < -0.3 is 9.15 Å². The van der Waals surface area contributed by atoms with Gasteiger partial charge in [0.2, 0.25) is 10.0 Å². The molecule has 24 heavy (non-hydrogen) atoms. The van der Waals surface area contributed by atoms with Gasteiger partial charge in [-0.2, -0.15) is 0 Å². The molecule has 1 atom stereocenters. The van der Waals surface area contributed by atoms with Gasteiger partial charge in [-0.1, -0.05) is 12.1 Å². The van der Waals surface area contributed by atoms with Gasteiger partial charge in [0.1, 0.15) is 0 Å². The van der Waals surface area contributed by atoms with E-state index in [-0.39, 0.29) is 17.4 Å². The zero-order valence-electron chi connectivity index (χ0n) is 13.0. The first kappa shape index (κ1) is 16.7. The van der Waals surface area contributed by atoms with Crippen molar-refractivity contribution in [3.05, 3.63) is 42.4 Å². The summed E-state index contributed by atoms with van der Waals surface area (Å²) in [4.78, 5) is 16.0. The number of ether oxygens (including phenoxy) is 1. The molecule has 1 unspecified atom stereocenters. The maximum Gasteiger partial charge on any atom is 0.264 e. The van der Waals surface area contributed by atoms with E-state index >= 15 is 0 Å². The molecule has 0 saturated carbocycles. The highest BCUT2D eigenvalue weighted by Crippen LogP contribution is 2.19. The summed E-state index contributed by atoms with van der Waals surface area (Å²) in [7, 11) is -3.73. The van der Waals surface area contributed by atoms with Crippen LogP contribution in [0.4, 0.5) is 0 Å². The predicted molar refractivity (Wildman–Crippen MR) is 86.8 cm³/mol. The Kier molecular flexibility index (Phi) is 4.96. The van der Waals surface area contributed by atoms with Crippen LogP contribution >= 0.6 is 0 Å². The Morgan fingerprint density at radius 3 is 2.67 bits per heavy atom. The first-order valence-electron chi connectivity index (χ1n) is 7.69. The van der Waals surface area contributed by atoms with Crippen molar-refractivity contribution in [2.45, 2.75) is 25.4 Å². The van der Waals surface area contributed by atoms with Gasteiger partial charge in [-0.05, 0) is 31.4 Å². The van der Waals surface area contributed by atoms with E-state index in [9.17, 15) is 13.2 Å². The maximum absolute atomic E-state index is 12.1. The predicted octanol–water partition coefficient (Wildman–Crippen LogP) is 1.97. The van der Waals surface area contributed by atoms with Crippen LogP contribution in [-0.2, 0) is 14.8 Å². The highest BCUT2D eigenvalue weighted by molar-refractivity contribution is 7.90. The smallest absolute Gasteiger partial charge is 0.264 e. The summed E-state index contributed by atoms with van der Waals surface area (Å²) in [6, 6.07) is 6.43. The molecule has 1 fully saturated rings. The zero-order chi connectivity index (χ0) is 17.0. The van der Waals surface area contributed by atoms with E-state index < -0.39 is 15.9 Å². The number of aromatic nitrogens is 1. The standard InChI is InChI=1S/C16H18N2O5S/c19-16(18-24(20,21)10-14-3-1-2-8-22-14)13-6-4-12(5-7-13)15-9-17-11-23-15/h4-7,9,11,14H,1-3,8,10H2,(H,18,19). The van der Waals surface area contributed by atoms with Gasteiger partial charge in [0.25, 0.3) is 5.91 Å². The van der Waals surface area contributed by atoms with E-state index in [2.05, 4.69) is 9.71 Å². The fourth-order valence-electron chi connectivity index (χ4n) is 2.57. The van der Waals surface area contributed by atoms with Crippen LogP contribution < -0.4 is 4.72 Å². The molecular weight excluding hydrogens is 332 g/mol. The number of nitrogens with one attached hydrogen (secondary N) is 1. The molecule has 3 rings (SSSR count). The molecule has 2 heterocycles. The van der Waals surface area contributed by atoms with Crippen molar-refractivity contribution in [3.8, 4) is 11.3 Å². The lowest BCUT2D eigenvalue weighted by molar-refractivity contribution is 0.0304. The Bertz CT molecular complexity index is 778. The first-order chi connectivity index (χ1) is 11.5. The van der Waals surface area contributed by atoms with Crippen molar-refractivity contribution in [2.24, 2.45) is 0 Å². The topological polar surface area (TPSA) is 98.5 Å². The Labute approximate surface area is 140 Å². The monoisotopic (exact) mass is 350 g/mol. The van der Waals surface area contributed by atoms with Gasteiger partial charge in [-0.3, -0.25) is 4.79 Å². The van der Waals surface area contributed by atoms with Crippen LogP contribution in [0.5, 0.6) is 0 Å². The number of carbonyl (C=O) groups excluding carboxylic acids is 1. The summed E-state index contributed by atoms with van der Waals surface area (Å²) < 4.78 is 36.9.